The van der Waals surface area contributed by atoms with E-state index in [0.717, 1.165) is 16.0 Å². The lowest BCUT2D eigenvalue weighted by Gasteiger charge is -2.21. The molecule has 1 aliphatic heterocycles. The minimum absolute atomic E-state index is 0.0000263. The minimum atomic E-state index is -4.88. The fraction of sp³-hybridized carbons (Fsp3) is 0.250. The average molecular weight is 398 g/mol. The fourth-order valence-electron chi connectivity index (χ4n) is 3.18. The number of halogens is 5. The Morgan fingerprint density at radius 3 is 2.52 bits per heavy atom. The molecule has 0 unspecified atom stereocenters. The summed E-state index contributed by atoms with van der Waals surface area (Å²) in [4.78, 5) is 12.4. The van der Waals surface area contributed by atoms with E-state index in [-0.39, 0.29) is 25.3 Å². The zero-order chi connectivity index (χ0) is 19.6. The first kappa shape index (κ1) is 19.4. The molecule has 0 bridgehead atoms. The van der Waals surface area contributed by atoms with Crippen molar-refractivity contribution in [2.75, 3.05) is 13.1 Å². The Balaban J connectivity index is 1.89. The molecule has 0 atom stereocenters. The first-order valence-corrected chi connectivity index (χ1v) is 8.73. The van der Waals surface area contributed by atoms with E-state index in [1.54, 1.807) is 36.4 Å². The molecule has 142 valence electrons. The van der Waals surface area contributed by atoms with Gasteiger partial charge in [0.25, 0.3) is 0 Å². The van der Waals surface area contributed by atoms with Gasteiger partial charge in [-0.25, -0.2) is 4.39 Å². The van der Waals surface area contributed by atoms with Crippen molar-refractivity contribution in [3.63, 3.8) is 0 Å². The van der Waals surface area contributed by atoms with E-state index in [9.17, 15) is 22.4 Å². The average Bonchev–Trinajstić information content (AvgIpc) is 2.82. The first-order chi connectivity index (χ1) is 12.8. The van der Waals surface area contributed by atoms with Crippen LogP contribution in [0.1, 0.15) is 22.3 Å². The molecule has 0 spiro atoms. The third-order valence-electron chi connectivity index (χ3n) is 4.50. The number of hydrogen-bond donors (Lipinski definition) is 0. The van der Waals surface area contributed by atoms with E-state index in [0.29, 0.717) is 22.6 Å². The quantitative estimate of drug-likeness (QED) is 0.507. The van der Waals surface area contributed by atoms with Gasteiger partial charge in [-0.3, -0.25) is 4.79 Å². The van der Waals surface area contributed by atoms with Crippen molar-refractivity contribution in [2.45, 2.75) is 19.0 Å². The molecular weight excluding hydrogens is 382 g/mol. The normalized spacial score (nSPS) is 14.9. The summed E-state index contributed by atoms with van der Waals surface area (Å²) in [5, 5.41) is 0.456. The molecule has 0 radical (unpaired) electrons. The van der Waals surface area contributed by atoms with Crippen molar-refractivity contribution < 1.29 is 22.4 Å². The maximum atomic E-state index is 13.3. The minimum Gasteiger partial charge on any atom is -0.334 e. The van der Waals surface area contributed by atoms with Gasteiger partial charge in [0.1, 0.15) is 5.82 Å². The maximum Gasteiger partial charge on any atom is 0.471 e. The highest BCUT2D eigenvalue weighted by Gasteiger charge is 2.42. The van der Waals surface area contributed by atoms with Crippen LogP contribution in [0.3, 0.4) is 0 Å². The molecule has 1 heterocycles. The fourth-order valence-corrected chi connectivity index (χ4v) is 3.42. The van der Waals surface area contributed by atoms with Crippen LogP contribution in [-0.4, -0.2) is 30.1 Å². The zero-order valence-corrected chi connectivity index (χ0v) is 14.9. The van der Waals surface area contributed by atoms with Crippen LogP contribution < -0.4 is 0 Å². The third kappa shape index (κ3) is 4.50. The van der Waals surface area contributed by atoms with Gasteiger partial charge in [0.05, 0.1) is 0 Å². The summed E-state index contributed by atoms with van der Waals surface area (Å²) in [6, 6.07) is 9.49. The summed E-state index contributed by atoms with van der Waals surface area (Å²) < 4.78 is 51.5. The second kappa shape index (κ2) is 7.72. The van der Waals surface area contributed by atoms with Crippen LogP contribution >= 0.6 is 11.6 Å². The van der Waals surface area contributed by atoms with Gasteiger partial charge in [0.15, 0.2) is 0 Å². The first-order valence-electron chi connectivity index (χ1n) is 8.35. The number of alkyl halides is 3. The molecule has 27 heavy (non-hydrogen) atoms. The number of hydrogen-bond acceptors (Lipinski definition) is 1. The van der Waals surface area contributed by atoms with E-state index in [2.05, 4.69) is 0 Å². The highest BCUT2D eigenvalue weighted by atomic mass is 35.5. The summed E-state index contributed by atoms with van der Waals surface area (Å²) in [6.45, 7) is -0.0352. The SMILES string of the molecule is O=C(N1CCc2ccc(Cl)c(/C=C/c3cccc(F)c3)c2CC1)C(F)(F)F. The molecule has 0 saturated carbocycles. The van der Waals surface area contributed by atoms with Crippen molar-refractivity contribution in [2.24, 2.45) is 0 Å². The van der Waals surface area contributed by atoms with Crippen LogP contribution in [0.4, 0.5) is 17.6 Å². The van der Waals surface area contributed by atoms with Crippen molar-refractivity contribution in [3.05, 3.63) is 69.5 Å². The highest BCUT2D eigenvalue weighted by Crippen LogP contribution is 2.30. The molecule has 2 nitrogen and oxygen atoms in total. The maximum absolute atomic E-state index is 13.3. The Morgan fingerprint density at radius 2 is 1.81 bits per heavy atom. The summed E-state index contributed by atoms with van der Waals surface area (Å²) in [5.74, 6) is -2.19. The lowest BCUT2D eigenvalue weighted by Crippen LogP contribution is -2.42. The second-order valence-corrected chi connectivity index (χ2v) is 6.68. The van der Waals surface area contributed by atoms with Crippen LogP contribution in [0, 0.1) is 5.82 Å². The Bertz CT molecular complexity index is 892. The molecule has 3 rings (SSSR count). The third-order valence-corrected chi connectivity index (χ3v) is 4.83. The highest BCUT2D eigenvalue weighted by molar-refractivity contribution is 6.32. The van der Waals surface area contributed by atoms with Gasteiger partial charge >= 0.3 is 12.1 Å². The molecule has 0 N–H and O–H groups in total. The molecule has 2 aromatic rings. The number of amides is 1. The topological polar surface area (TPSA) is 20.3 Å². The number of fused-ring (bicyclic) bond motifs is 1. The predicted octanol–water partition coefficient (Wildman–Crippen LogP) is 5.14. The number of benzene rings is 2. The summed E-state index contributed by atoms with van der Waals surface area (Å²) in [7, 11) is 0. The molecule has 0 fully saturated rings. The van der Waals surface area contributed by atoms with E-state index < -0.39 is 12.1 Å². The van der Waals surface area contributed by atoms with Crippen LogP contribution in [0.25, 0.3) is 12.2 Å². The lowest BCUT2D eigenvalue weighted by molar-refractivity contribution is -0.185. The Kier molecular flexibility index (Phi) is 5.56. The summed E-state index contributed by atoms with van der Waals surface area (Å²) in [5.41, 5.74) is 2.99. The van der Waals surface area contributed by atoms with Crippen LogP contribution in [0.15, 0.2) is 36.4 Å². The van der Waals surface area contributed by atoms with Gasteiger partial charge in [-0.15, -0.1) is 0 Å². The molecule has 1 aliphatic rings. The molecule has 1 amide bonds. The van der Waals surface area contributed by atoms with Crippen LogP contribution in [0.5, 0.6) is 0 Å². The lowest BCUT2D eigenvalue weighted by atomic mass is 9.96. The van der Waals surface area contributed by atoms with Crippen molar-refractivity contribution >= 4 is 29.7 Å². The molecule has 0 aliphatic carbocycles. The zero-order valence-electron chi connectivity index (χ0n) is 14.2. The second-order valence-electron chi connectivity index (χ2n) is 6.28. The summed E-state index contributed by atoms with van der Waals surface area (Å²) in [6.07, 6.45) is -0.866. The molecule has 2 aromatic carbocycles. The smallest absolute Gasteiger partial charge is 0.334 e. The van der Waals surface area contributed by atoms with Crippen molar-refractivity contribution in [1.82, 2.24) is 4.90 Å². The standard InChI is InChI=1S/C20H16ClF4NO/c21-18-7-5-14-8-10-26(19(27)20(23,24)25)11-9-16(14)17(18)6-4-13-2-1-3-15(22)12-13/h1-7,12H,8-11H2/b6-4+. The molecule has 0 aromatic heterocycles. The molecule has 0 saturated heterocycles. The number of nitrogens with zero attached hydrogens (tertiary/aromatic N) is 1. The van der Waals surface area contributed by atoms with E-state index in [4.69, 9.17) is 11.6 Å². The Morgan fingerprint density at radius 1 is 1.07 bits per heavy atom. The van der Waals surface area contributed by atoms with Crippen molar-refractivity contribution in [3.8, 4) is 0 Å². The largest absolute Gasteiger partial charge is 0.471 e. The molecule has 7 heteroatoms. The number of carbonyl (C=O) groups excluding carboxylic acids is 1. The van der Waals surface area contributed by atoms with Gasteiger partial charge in [0.2, 0.25) is 0 Å². The van der Waals surface area contributed by atoms with E-state index in [1.807, 2.05) is 0 Å². The Labute approximate surface area is 159 Å². The van der Waals surface area contributed by atoms with Gasteiger partial charge in [-0.05, 0) is 53.3 Å². The summed E-state index contributed by atoms with van der Waals surface area (Å²) >= 11 is 6.30. The van der Waals surface area contributed by atoms with Gasteiger partial charge in [0, 0.05) is 18.1 Å². The van der Waals surface area contributed by atoms with E-state index >= 15 is 0 Å². The van der Waals surface area contributed by atoms with Crippen LogP contribution in [0.2, 0.25) is 5.02 Å². The van der Waals surface area contributed by atoms with Gasteiger partial charge < -0.3 is 4.90 Å². The predicted molar refractivity (Wildman–Crippen MR) is 96.8 cm³/mol. The van der Waals surface area contributed by atoms with Gasteiger partial charge in [-0.2, -0.15) is 13.2 Å². The van der Waals surface area contributed by atoms with Gasteiger partial charge in [-0.1, -0.05) is 42.0 Å². The number of carbonyl (C=O) groups is 1. The monoisotopic (exact) mass is 397 g/mol. The number of rotatable bonds is 2. The Hall–Kier alpha value is -2.34. The van der Waals surface area contributed by atoms with Crippen LogP contribution in [-0.2, 0) is 17.6 Å². The molecular formula is C20H16ClF4NO. The van der Waals surface area contributed by atoms with E-state index in [1.165, 1.54) is 12.1 Å². The van der Waals surface area contributed by atoms with Crippen molar-refractivity contribution in [1.29, 1.82) is 0 Å².